The molecule has 2 fully saturated rings. The molecule has 2 aromatic rings. The molecule has 2 amide bonds. The van der Waals surface area contributed by atoms with Gasteiger partial charge in [-0.15, -0.1) is 11.3 Å². The summed E-state index contributed by atoms with van der Waals surface area (Å²) in [5, 5.41) is 15.2. The van der Waals surface area contributed by atoms with Gasteiger partial charge in [-0.05, 0) is 73.6 Å². The summed E-state index contributed by atoms with van der Waals surface area (Å²) in [6, 6.07) is 7.01. The van der Waals surface area contributed by atoms with Gasteiger partial charge in [0.2, 0.25) is 5.91 Å². The van der Waals surface area contributed by atoms with Crippen molar-refractivity contribution >= 4 is 28.3 Å². The van der Waals surface area contributed by atoms with Gasteiger partial charge in [0, 0.05) is 35.4 Å². The number of nitrogens with zero attached hydrogens (tertiary/aromatic N) is 2. The number of fused-ring (bicyclic) bond motifs is 2. The number of hydrogen-bond acceptors (Lipinski definition) is 6. The summed E-state index contributed by atoms with van der Waals surface area (Å²) in [5.74, 6) is 0.572. The summed E-state index contributed by atoms with van der Waals surface area (Å²) in [7, 11) is 1.60. The Hall–Kier alpha value is -2.45. The number of rotatable bonds is 5. The number of aromatic nitrogens is 1. The molecule has 3 aliphatic rings. The lowest BCUT2D eigenvalue weighted by atomic mass is 9.53. The second-order valence-electron chi connectivity index (χ2n) is 11.2. The highest BCUT2D eigenvalue weighted by molar-refractivity contribution is 7.15. The highest BCUT2D eigenvalue weighted by Gasteiger charge is 2.54. The van der Waals surface area contributed by atoms with E-state index in [-0.39, 0.29) is 40.9 Å². The fourth-order valence-electron chi connectivity index (χ4n) is 6.92. The van der Waals surface area contributed by atoms with Crippen LogP contribution in [-0.4, -0.2) is 53.1 Å². The summed E-state index contributed by atoms with van der Waals surface area (Å²) in [6.45, 7) is 8.12. The van der Waals surface area contributed by atoms with Crippen LogP contribution >= 0.6 is 11.3 Å². The van der Waals surface area contributed by atoms with Crippen molar-refractivity contribution in [2.24, 2.45) is 23.2 Å². The SMILES string of the molecule is COc1ccc(C(=O)Nc2nc3c(s2)C[C@]2(C)CC[C@H]([C@H](C)C(=O)N4CCCC4)[C@H](O)[C@H]2[C@@H]3C)cc1. The Kier molecular flexibility index (Phi) is 6.85. The van der Waals surface area contributed by atoms with Crippen LogP contribution in [0.3, 0.4) is 0 Å². The fraction of sp³-hybridized carbons (Fsp3) is 0.607. The van der Waals surface area contributed by atoms with Crippen LogP contribution in [0.2, 0.25) is 0 Å². The van der Waals surface area contributed by atoms with E-state index < -0.39 is 6.10 Å². The zero-order valence-corrected chi connectivity index (χ0v) is 22.4. The Balaban J connectivity index is 1.33. The van der Waals surface area contributed by atoms with E-state index >= 15 is 0 Å². The molecule has 0 bridgehead atoms. The minimum Gasteiger partial charge on any atom is -0.497 e. The van der Waals surface area contributed by atoms with E-state index in [4.69, 9.17) is 9.72 Å². The van der Waals surface area contributed by atoms with Gasteiger partial charge in [0.05, 0.1) is 18.9 Å². The summed E-state index contributed by atoms with van der Waals surface area (Å²) in [4.78, 5) is 33.9. The zero-order valence-electron chi connectivity index (χ0n) is 21.6. The van der Waals surface area contributed by atoms with Crippen molar-refractivity contribution in [3.63, 3.8) is 0 Å². The third-order valence-corrected chi connectivity index (χ3v) is 9.93. The van der Waals surface area contributed by atoms with Crippen molar-refractivity contribution in [1.29, 1.82) is 0 Å². The van der Waals surface area contributed by atoms with Gasteiger partial charge < -0.3 is 14.7 Å². The minimum absolute atomic E-state index is 0.0322. The number of aliphatic hydroxyl groups is 1. The van der Waals surface area contributed by atoms with E-state index in [9.17, 15) is 14.7 Å². The Morgan fingerprint density at radius 3 is 2.61 bits per heavy atom. The fourth-order valence-corrected chi connectivity index (χ4v) is 8.18. The quantitative estimate of drug-likeness (QED) is 0.606. The Labute approximate surface area is 217 Å². The van der Waals surface area contributed by atoms with Crippen LogP contribution in [0.15, 0.2) is 24.3 Å². The van der Waals surface area contributed by atoms with Crippen molar-refractivity contribution in [1.82, 2.24) is 9.88 Å². The number of amides is 2. The molecule has 8 heteroatoms. The first-order valence-corrected chi connectivity index (χ1v) is 14.0. The third kappa shape index (κ3) is 4.43. The van der Waals surface area contributed by atoms with E-state index in [1.165, 1.54) is 4.88 Å². The van der Waals surface area contributed by atoms with Crippen LogP contribution < -0.4 is 10.1 Å². The van der Waals surface area contributed by atoms with E-state index in [1.54, 1.807) is 42.7 Å². The molecule has 1 saturated heterocycles. The molecular weight excluding hydrogens is 474 g/mol. The normalized spacial score (nSPS) is 30.3. The van der Waals surface area contributed by atoms with Crippen molar-refractivity contribution in [2.45, 2.75) is 64.9 Å². The molecule has 6 atom stereocenters. The number of anilines is 1. The summed E-state index contributed by atoms with van der Waals surface area (Å²) in [5.41, 5.74) is 1.47. The average Bonchev–Trinajstić information content (AvgIpc) is 3.53. The predicted octanol–water partition coefficient (Wildman–Crippen LogP) is 4.72. The van der Waals surface area contributed by atoms with Gasteiger partial charge in [0.15, 0.2) is 5.13 Å². The second kappa shape index (κ2) is 9.78. The molecule has 1 aromatic carbocycles. The van der Waals surface area contributed by atoms with Gasteiger partial charge in [0.1, 0.15) is 5.75 Å². The van der Waals surface area contributed by atoms with E-state index in [0.717, 1.165) is 50.9 Å². The molecule has 7 nitrogen and oxygen atoms in total. The zero-order chi connectivity index (χ0) is 25.6. The average molecular weight is 512 g/mol. The number of ether oxygens (including phenoxy) is 1. The number of carbonyl (C=O) groups excluding carboxylic acids is 2. The van der Waals surface area contributed by atoms with Gasteiger partial charge in [-0.1, -0.05) is 20.8 Å². The number of likely N-dealkylation sites (tertiary alicyclic amines) is 1. The lowest BCUT2D eigenvalue weighted by Gasteiger charge is -2.53. The molecule has 2 heterocycles. The number of aliphatic hydroxyl groups excluding tert-OH is 1. The van der Waals surface area contributed by atoms with Crippen LogP contribution in [0.5, 0.6) is 5.75 Å². The monoisotopic (exact) mass is 511 g/mol. The smallest absolute Gasteiger partial charge is 0.257 e. The number of methoxy groups -OCH3 is 1. The molecule has 1 aliphatic heterocycles. The first-order valence-electron chi connectivity index (χ1n) is 13.1. The predicted molar refractivity (Wildman–Crippen MR) is 140 cm³/mol. The lowest BCUT2D eigenvalue weighted by molar-refractivity contribution is -0.143. The van der Waals surface area contributed by atoms with Crippen LogP contribution in [-0.2, 0) is 11.2 Å². The molecule has 2 N–H and O–H groups in total. The Morgan fingerprint density at radius 1 is 1.25 bits per heavy atom. The molecular formula is C28H37N3O4S. The third-order valence-electron chi connectivity index (χ3n) is 8.94. The molecule has 0 spiro atoms. The molecule has 2 aliphatic carbocycles. The Morgan fingerprint density at radius 2 is 1.94 bits per heavy atom. The Bertz CT molecular complexity index is 1130. The molecule has 36 heavy (non-hydrogen) atoms. The molecule has 194 valence electrons. The van der Waals surface area contributed by atoms with Gasteiger partial charge in [-0.25, -0.2) is 4.98 Å². The van der Waals surface area contributed by atoms with Crippen LogP contribution in [0, 0.1) is 23.2 Å². The lowest BCUT2D eigenvalue weighted by Crippen LogP contribution is -2.53. The number of benzene rings is 1. The highest BCUT2D eigenvalue weighted by Crippen LogP contribution is 2.57. The highest BCUT2D eigenvalue weighted by atomic mass is 32.1. The number of carbonyl (C=O) groups is 2. The molecule has 1 aromatic heterocycles. The van der Waals surface area contributed by atoms with Crippen LogP contribution in [0.1, 0.15) is 73.3 Å². The summed E-state index contributed by atoms with van der Waals surface area (Å²) >= 11 is 1.54. The summed E-state index contributed by atoms with van der Waals surface area (Å²) in [6.07, 6.45) is 4.28. The van der Waals surface area contributed by atoms with Gasteiger partial charge in [-0.2, -0.15) is 0 Å². The van der Waals surface area contributed by atoms with Gasteiger partial charge >= 0.3 is 0 Å². The van der Waals surface area contributed by atoms with Crippen molar-refractivity contribution in [3.8, 4) is 5.75 Å². The van der Waals surface area contributed by atoms with Gasteiger partial charge in [0.25, 0.3) is 5.91 Å². The van der Waals surface area contributed by atoms with E-state index in [2.05, 4.69) is 19.2 Å². The maximum Gasteiger partial charge on any atom is 0.257 e. The molecule has 1 saturated carbocycles. The van der Waals surface area contributed by atoms with Crippen molar-refractivity contribution < 1.29 is 19.4 Å². The number of hydrogen-bond donors (Lipinski definition) is 2. The first-order chi connectivity index (χ1) is 17.2. The maximum atomic E-state index is 13.1. The number of thiazole rings is 1. The first kappa shape index (κ1) is 25.2. The minimum atomic E-state index is -0.549. The largest absolute Gasteiger partial charge is 0.497 e. The molecule has 0 radical (unpaired) electrons. The molecule has 0 unspecified atom stereocenters. The van der Waals surface area contributed by atoms with Crippen LogP contribution in [0.4, 0.5) is 5.13 Å². The second-order valence-corrected chi connectivity index (χ2v) is 12.3. The maximum absolute atomic E-state index is 13.1. The van der Waals surface area contributed by atoms with Crippen molar-refractivity contribution in [3.05, 3.63) is 40.4 Å². The topological polar surface area (TPSA) is 91.8 Å². The molecule has 5 rings (SSSR count). The summed E-state index contributed by atoms with van der Waals surface area (Å²) < 4.78 is 5.18. The van der Waals surface area contributed by atoms with Crippen LogP contribution in [0.25, 0.3) is 0 Å². The van der Waals surface area contributed by atoms with Gasteiger partial charge in [-0.3, -0.25) is 14.9 Å². The van der Waals surface area contributed by atoms with Crippen molar-refractivity contribution in [2.75, 3.05) is 25.5 Å². The van der Waals surface area contributed by atoms with E-state index in [1.807, 2.05) is 11.8 Å². The van der Waals surface area contributed by atoms with E-state index in [0.29, 0.717) is 16.4 Å². The number of nitrogens with one attached hydrogen (secondary N) is 1. The standard InChI is InChI=1S/C28H37N3O4S/c1-16(26(34)31-13-5-6-14-31)20-11-12-28(3)15-21-23(17(2)22(28)24(20)32)29-27(36-21)30-25(33)18-7-9-19(35-4)10-8-18/h7-10,16-17,20,22,24,32H,5-6,11-15H2,1-4H3,(H,29,30,33)/t16-,17-,20+,22+,24-,28-/m0/s1.